The molecule has 1 fully saturated rings. The Bertz CT molecular complexity index is 1100. The third kappa shape index (κ3) is 5.17. The molecule has 3 aromatic rings. The zero-order valence-electron chi connectivity index (χ0n) is 17.3. The molecule has 5 nitrogen and oxygen atoms in total. The lowest BCUT2D eigenvalue weighted by atomic mass is 9.84. The lowest BCUT2D eigenvalue weighted by Crippen LogP contribution is -2.12. The fourth-order valence-corrected chi connectivity index (χ4v) is 3.91. The average molecular weight is 437 g/mol. The van der Waals surface area contributed by atoms with Gasteiger partial charge in [-0.3, -0.25) is 0 Å². The average Bonchev–Trinajstić information content (AvgIpc) is 2.80. The Morgan fingerprint density at radius 1 is 0.875 bits per heavy atom. The summed E-state index contributed by atoms with van der Waals surface area (Å²) >= 11 is 0. The van der Waals surface area contributed by atoms with E-state index in [0.717, 1.165) is 6.20 Å². The van der Waals surface area contributed by atoms with Gasteiger partial charge in [0, 0.05) is 17.6 Å². The molecule has 164 valence electrons. The monoisotopic (exact) mass is 437 g/mol. The Morgan fingerprint density at radius 3 is 2.12 bits per heavy atom. The second-order valence-corrected chi connectivity index (χ2v) is 7.85. The van der Waals surface area contributed by atoms with E-state index < -0.39 is 11.7 Å². The smallest absolute Gasteiger partial charge is 0.340 e. The highest BCUT2D eigenvalue weighted by Crippen LogP contribution is 2.36. The van der Waals surface area contributed by atoms with Crippen molar-refractivity contribution in [1.29, 1.82) is 5.26 Å². The molecule has 1 aromatic heterocycles. The molecule has 1 aliphatic carbocycles. The van der Waals surface area contributed by atoms with Gasteiger partial charge in [-0.05, 0) is 60.7 Å². The third-order valence-electron chi connectivity index (χ3n) is 5.61. The maximum absolute atomic E-state index is 13.5. The van der Waals surface area contributed by atoms with Crippen LogP contribution in [0.1, 0.15) is 54.7 Å². The fourth-order valence-electron chi connectivity index (χ4n) is 3.91. The number of rotatable bonds is 5. The molecule has 0 unspecified atom stereocenters. The van der Waals surface area contributed by atoms with E-state index in [1.165, 1.54) is 61.9 Å². The Labute approximate surface area is 184 Å². The van der Waals surface area contributed by atoms with Crippen LogP contribution in [0.4, 0.5) is 36.3 Å². The van der Waals surface area contributed by atoms with Crippen molar-refractivity contribution >= 4 is 23.1 Å². The van der Waals surface area contributed by atoms with Crippen molar-refractivity contribution in [2.24, 2.45) is 0 Å². The maximum atomic E-state index is 13.5. The molecule has 0 radical (unpaired) electrons. The van der Waals surface area contributed by atoms with Crippen LogP contribution in [-0.4, -0.2) is 9.97 Å². The maximum Gasteiger partial charge on any atom is 0.421 e. The van der Waals surface area contributed by atoms with E-state index in [9.17, 15) is 13.2 Å². The number of alkyl halides is 3. The second-order valence-electron chi connectivity index (χ2n) is 7.85. The summed E-state index contributed by atoms with van der Waals surface area (Å²) in [6, 6.07) is 16.0. The third-order valence-corrected chi connectivity index (χ3v) is 5.61. The second kappa shape index (κ2) is 9.27. The first-order chi connectivity index (χ1) is 15.4. The van der Waals surface area contributed by atoms with E-state index in [1.807, 2.05) is 18.2 Å². The van der Waals surface area contributed by atoms with Gasteiger partial charge in [0.05, 0.1) is 11.6 Å². The van der Waals surface area contributed by atoms with Gasteiger partial charge in [0.25, 0.3) is 0 Å². The Morgan fingerprint density at radius 2 is 1.50 bits per heavy atom. The summed E-state index contributed by atoms with van der Waals surface area (Å²) < 4.78 is 40.4. The lowest BCUT2D eigenvalue weighted by Gasteiger charge is -2.22. The highest BCUT2D eigenvalue weighted by atomic mass is 19.4. The number of nitrogens with one attached hydrogen (secondary N) is 2. The van der Waals surface area contributed by atoms with Crippen LogP contribution in [0.2, 0.25) is 0 Å². The van der Waals surface area contributed by atoms with Crippen molar-refractivity contribution in [2.75, 3.05) is 10.6 Å². The number of halogens is 3. The fraction of sp³-hybridized carbons (Fsp3) is 0.292. The molecule has 32 heavy (non-hydrogen) atoms. The van der Waals surface area contributed by atoms with E-state index in [1.54, 1.807) is 0 Å². The van der Waals surface area contributed by atoms with Crippen molar-refractivity contribution in [3.05, 3.63) is 71.4 Å². The predicted octanol–water partition coefficient (Wildman–Crippen LogP) is 6.90. The van der Waals surface area contributed by atoms with Crippen LogP contribution in [0.5, 0.6) is 0 Å². The highest BCUT2D eigenvalue weighted by molar-refractivity contribution is 5.63. The summed E-state index contributed by atoms with van der Waals surface area (Å²) in [5.41, 5.74) is 1.81. The summed E-state index contributed by atoms with van der Waals surface area (Å²) in [6.45, 7) is 0. The molecule has 0 amide bonds. The molecule has 2 N–H and O–H groups in total. The number of benzene rings is 2. The van der Waals surface area contributed by atoms with Crippen LogP contribution >= 0.6 is 0 Å². The van der Waals surface area contributed by atoms with E-state index >= 15 is 0 Å². The molecule has 1 aliphatic rings. The van der Waals surface area contributed by atoms with Gasteiger partial charge in [-0.15, -0.1) is 0 Å². The number of hydrogen-bond donors (Lipinski definition) is 2. The molecule has 0 aliphatic heterocycles. The minimum Gasteiger partial charge on any atom is -0.340 e. The molecule has 8 heteroatoms. The van der Waals surface area contributed by atoms with Crippen molar-refractivity contribution in [3.8, 4) is 6.07 Å². The first-order valence-electron chi connectivity index (χ1n) is 10.5. The van der Waals surface area contributed by atoms with Crippen LogP contribution in [0.15, 0.2) is 54.7 Å². The molecule has 1 saturated carbocycles. The van der Waals surface area contributed by atoms with E-state index in [2.05, 4.69) is 32.7 Å². The van der Waals surface area contributed by atoms with Crippen LogP contribution < -0.4 is 10.6 Å². The normalized spacial score (nSPS) is 14.6. The van der Waals surface area contributed by atoms with Crippen molar-refractivity contribution in [3.63, 3.8) is 0 Å². The summed E-state index contributed by atoms with van der Waals surface area (Å²) in [4.78, 5) is 7.92. The molecular formula is C24H22F3N5. The summed E-state index contributed by atoms with van der Waals surface area (Å²) in [5.74, 6) is 0.265. The van der Waals surface area contributed by atoms with Crippen molar-refractivity contribution in [1.82, 2.24) is 9.97 Å². The van der Waals surface area contributed by atoms with E-state index in [4.69, 9.17) is 5.26 Å². The van der Waals surface area contributed by atoms with Crippen LogP contribution in [0, 0.1) is 11.3 Å². The van der Waals surface area contributed by atoms with Gasteiger partial charge in [0.2, 0.25) is 5.95 Å². The predicted molar refractivity (Wildman–Crippen MR) is 117 cm³/mol. The van der Waals surface area contributed by atoms with Crippen LogP contribution in [0.3, 0.4) is 0 Å². The van der Waals surface area contributed by atoms with Crippen molar-refractivity contribution < 1.29 is 13.2 Å². The number of anilines is 4. The number of aromatic nitrogens is 2. The Kier molecular flexibility index (Phi) is 6.26. The topological polar surface area (TPSA) is 73.6 Å². The molecular weight excluding hydrogens is 415 g/mol. The number of hydrogen-bond acceptors (Lipinski definition) is 5. The van der Waals surface area contributed by atoms with Gasteiger partial charge in [-0.25, -0.2) is 4.98 Å². The summed E-state index contributed by atoms with van der Waals surface area (Å²) in [7, 11) is 0. The Balaban J connectivity index is 1.55. The van der Waals surface area contributed by atoms with Gasteiger partial charge in [0.1, 0.15) is 11.4 Å². The SMILES string of the molecule is N#Cc1ccc(Nc2nc(Nc3ccc(C4CCCCC4)cc3)ncc2C(F)(F)F)cc1. The molecule has 0 atom stereocenters. The molecule has 2 aromatic carbocycles. The van der Waals surface area contributed by atoms with Gasteiger partial charge in [-0.1, -0.05) is 31.4 Å². The molecule has 1 heterocycles. The van der Waals surface area contributed by atoms with Crippen molar-refractivity contribution in [2.45, 2.75) is 44.2 Å². The minimum atomic E-state index is -4.62. The first-order valence-corrected chi connectivity index (χ1v) is 10.5. The van der Waals surface area contributed by atoms with Gasteiger partial charge < -0.3 is 10.6 Å². The van der Waals surface area contributed by atoms with Gasteiger partial charge in [-0.2, -0.15) is 23.4 Å². The van der Waals surface area contributed by atoms with Gasteiger partial charge in [0.15, 0.2) is 0 Å². The largest absolute Gasteiger partial charge is 0.421 e. The van der Waals surface area contributed by atoms with E-state index in [0.29, 0.717) is 22.9 Å². The lowest BCUT2D eigenvalue weighted by molar-refractivity contribution is -0.137. The quantitative estimate of drug-likeness (QED) is 0.454. The molecule has 0 bridgehead atoms. The summed E-state index contributed by atoms with van der Waals surface area (Å²) in [6.07, 6.45) is 2.32. The zero-order chi connectivity index (χ0) is 22.6. The van der Waals surface area contributed by atoms with Crippen LogP contribution in [-0.2, 0) is 6.18 Å². The highest BCUT2D eigenvalue weighted by Gasteiger charge is 2.35. The first kappa shape index (κ1) is 21.6. The Hall–Kier alpha value is -3.60. The van der Waals surface area contributed by atoms with Gasteiger partial charge >= 0.3 is 6.18 Å². The zero-order valence-corrected chi connectivity index (χ0v) is 17.3. The van der Waals surface area contributed by atoms with E-state index in [-0.39, 0.29) is 11.8 Å². The summed E-state index contributed by atoms with van der Waals surface area (Å²) in [5, 5.41) is 14.6. The molecule has 0 spiro atoms. The minimum absolute atomic E-state index is 0.0551. The number of nitriles is 1. The van der Waals surface area contributed by atoms with Crippen LogP contribution in [0.25, 0.3) is 0 Å². The number of nitrogens with zero attached hydrogens (tertiary/aromatic N) is 3. The molecule has 0 saturated heterocycles. The standard InChI is InChI=1S/C24H22F3N5/c25-24(26,27)21-15-29-23(32-22(21)30-19-10-6-16(14-28)7-11-19)31-20-12-8-18(9-13-20)17-4-2-1-3-5-17/h6-13,15,17H,1-5H2,(H2,29,30,31,32). The molecule has 4 rings (SSSR count).